The molecule has 0 spiro atoms. The van der Waals surface area contributed by atoms with Crippen LogP contribution >= 0.6 is 0 Å². The van der Waals surface area contributed by atoms with Crippen molar-refractivity contribution in [3.63, 3.8) is 0 Å². The number of urea groups is 1. The van der Waals surface area contributed by atoms with Gasteiger partial charge in [-0.15, -0.1) is 0 Å². The molecule has 0 atom stereocenters. The van der Waals surface area contributed by atoms with Gasteiger partial charge in [-0.25, -0.2) is 4.79 Å². The second-order valence-electron chi connectivity index (χ2n) is 6.68. The van der Waals surface area contributed by atoms with Crippen molar-refractivity contribution in [3.8, 4) is 0 Å². The van der Waals surface area contributed by atoms with E-state index in [9.17, 15) is 9.59 Å². The minimum absolute atomic E-state index is 0.0658. The molecular formula is C20H24N4O2. The van der Waals surface area contributed by atoms with E-state index in [1.54, 1.807) is 12.1 Å². The van der Waals surface area contributed by atoms with Crippen molar-refractivity contribution in [2.24, 2.45) is 11.7 Å². The van der Waals surface area contributed by atoms with E-state index >= 15 is 0 Å². The van der Waals surface area contributed by atoms with Crippen LogP contribution in [0.2, 0.25) is 0 Å². The third-order valence-corrected chi connectivity index (χ3v) is 4.80. The molecule has 0 unspecified atom stereocenters. The first-order valence-electron chi connectivity index (χ1n) is 8.93. The summed E-state index contributed by atoms with van der Waals surface area (Å²) in [5, 5.41) is 2.89. The Morgan fingerprint density at radius 1 is 1.12 bits per heavy atom. The Hall–Kier alpha value is -2.89. The fraction of sp³-hybridized carbons (Fsp3) is 0.350. The molecule has 0 aliphatic carbocycles. The van der Waals surface area contributed by atoms with Crippen molar-refractivity contribution in [2.45, 2.75) is 25.8 Å². The topological polar surface area (TPSA) is 88.3 Å². The fourth-order valence-electron chi connectivity index (χ4n) is 3.24. The lowest BCUT2D eigenvalue weighted by molar-refractivity contribution is 0.1000. The first kappa shape index (κ1) is 17.9. The van der Waals surface area contributed by atoms with Crippen LogP contribution in [-0.4, -0.2) is 34.9 Å². The second kappa shape index (κ2) is 8.47. The van der Waals surface area contributed by atoms with E-state index in [2.05, 4.69) is 34.6 Å². The van der Waals surface area contributed by atoms with Crippen molar-refractivity contribution in [3.05, 3.63) is 65.5 Å². The molecule has 0 radical (unpaired) electrons. The number of benzene rings is 1. The third-order valence-electron chi connectivity index (χ3n) is 4.80. The highest BCUT2D eigenvalue weighted by molar-refractivity contribution is 5.92. The average molecular weight is 352 g/mol. The lowest BCUT2D eigenvalue weighted by atomic mass is 9.90. The van der Waals surface area contributed by atoms with Crippen LogP contribution in [0.1, 0.15) is 34.5 Å². The van der Waals surface area contributed by atoms with Crippen LogP contribution in [0.4, 0.5) is 4.79 Å². The van der Waals surface area contributed by atoms with Crippen LogP contribution in [0, 0.1) is 5.92 Å². The number of rotatable bonds is 5. The summed E-state index contributed by atoms with van der Waals surface area (Å²) in [7, 11) is 0. The van der Waals surface area contributed by atoms with Crippen molar-refractivity contribution >= 4 is 11.9 Å². The number of nitrogens with two attached hydrogens (primary N) is 1. The summed E-state index contributed by atoms with van der Waals surface area (Å²) in [6.45, 7) is 1.89. The molecule has 2 aromatic rings. The lowest BCUT2D eigenvalue weighted by Crippen LogP contribution is -2.44. The number of amides is 3. The van der Waals surface area contributed by atoms with Gasteiger partial charge in [-0.3, -0.25) is 9.78 Å². The van der Waals surface area contributed by atoms with Crippen molar-refractivity contribution in [2.75, 3.05) is 13.1 Å². The molecule has 3 rings (SSSR count). The van der Waals surface area contributed by atoms with Gasteiger partial charge >= 0.3 is 6.03 Å². The molecule has 1 aliphatic heterocycles. The van der Waals surface area contributed by atoms with E-state index in [0.29, 0.717) is 23.7 Å². The quantitative estimate of drug-likeness (QED) is 0.866. The van der Waals surface area contributed by atoms with Gasteiger partial charge in [-0.05, 0) is 42.9 Å². The first-order valence-corrected chi connectivity index (χ1v) is 8.93. The summed E-state index contributed by atoms with van der Waals surface area (Å²) in [5.74, 6) is 0.121. The monoisotopic (exact) mass is 352 g/mol. The summed E-state index contributed by atoms with van der Waals surface area (Å²) in [6, 6.07) is 13.8. The Kier molecular flexibility index (Phi) is 5.84. The van der Waals surface area contributed by atoms with Crippen molar-refractivity contribution in [1.29, 1.82) is 0 Å². The molecule has 26 heavy (non-hydrogen) atoms. The number of nitrogens with zero attached hydrogens (tertiary/aromatic N) is 2. The number of piperidine rings is 1. The molecule has 1 saturated heterocycles. The molecular weight excluding hydrogens is 328 g/mol. The number of aromatic nitrogens is 1. The Bertz CT molecular complexity index is 738. The fourth-order valence-corrected chi connectivity index (χ4v) is 3.24. The number of hydrogen-bond acceptors (Lipinski definition) is 3. The van der Waals surface area contributed by atoms with Gasteiger partial charge in [0.25, 0.3) is 0 Å². The number of nitrogens with one attached hydrogen (secondary N) is 1. The zero-order valence-electron chi connectivity index (χ0n) is 14.7. The van der Waals surface area contributed by atoms with Gasteiger partial charge in [-0.2, -0.15) is 0 Å². The van der Waals surface area contributed by atoms with Crippen molar-refractivity contribution < 1.29 is 9.59 Å². The molecule has 136 valence electrons. The molecule has 1 aromatic carbocycles. The molecule has 6 nitrogen and oxygen atoms in total. The van der Waals surface area contributed by atoms with E-state index in [0.717, 1.165) is 32.4 Å². The van der Waals surface area contributed by atoms with E-state index in [1.165, 1.54) is 11.8 Å². The summed E-state index contributed by atoms with van der Waals surface area (Å²) >= 11 is 0. The first-order chi connectivity index (χ1) is 12.6. The normalized spacial score (nSPS) is 14.8. The van der Waals surface area contributed by atoms with Crippen LogP contribution in [0.3, 0.4) is 0 Å². The minimum atomic E-state index is -0.508. The van der Waals surface area contributed by atoms with Gasteiger partial charge in [0, 0.05) is 19.3 Å². The molecule has 1 fully saturated rings. The molecule has 1 aromatic heterocycles. The maximum Gasteiger partial charge on any atom is 0.317 e. The van der Waals surface area contributed by atoms with E-state index in [-0.39, 0.29) is 6.03 Å². The number of carbonyl (C=O) groups is 2. The predicted molar refractivity (Wildman–Crippen MR) is 99.4 cm³/mol. The van der Waals surface area contributed by atoms with Crippen LogP contribution in [0.15, 0.2) is 48.7 Å². The smallest absolute Gasteiger partial charge is 0.317 e. The zero-order chi connectivity index (χ0) is 18.4. The second-order valence-corrected chi connectivity index (χ2v) is 6.68. The maximum atomic E-state index is 12.3. The predicted octanol–water partition coefficient (Wildman–Crippen LogP) is 2.34. The standard InChI is InChI=1S/C20H24N4O2/c21-19(25)17-6-7-18(22-13-17)14-23-20(26)24-10-8-16(9-11-24)12-15-4-2-1-3-5-15/h1-7,13,16H,8-12,14H2,(H2,21,25)(H,23,26). The molecule has 6 heteroatoms. The number of carbonyl (C=O) groups excluding carboxylic acids is 2. The minimum Gasteiger partial charge on any atom is -0.366 e. The summed E-state index contributed by atoms with van der Waals surface area (Å²) in [5.41, 5.74) is 7.61. The molecule has 2 heterocycles. The van der Waals surface area contributed by atoms with E-state index in [1.807, 2.05) is 11.0 Å². The van der Waals surface area contributed by atoms with Gasteiger partial charge in [0.1, 0.15) is 0 Å². The summed E-state index contributed by atoms with van der Waals surface area (Å²) in [6.07, 6.45) is 4.55. The molecule has 1 aliphatic rings. The van der Waals surface area contributed by atoms with Crippen LogP contribution in [-0.2, 0) is 13.0 Å². The number of likely N-dealkylation sites (tertiary alicyclic amines) is 1. The zero-order valence-corrected chi connectivity index (χ0v) is 14.7. The Morgan fingerprint density at radius 2 is 1.85 bits per heavy atom. The van der Waals surface area contributed by atoms with Gasteiger partial charge in [-0.1, -0.05) is 30.3 Å². The van der Waals surface area contributed by atoms with Gasteiger partial charge in [0.2, 0.25) is 5.91 Å². The van der Waals surface area contributed by atoms with Crippen LogP contribution < -0.4 is 11.1 Å². The number of pyridine rings is 1. The highest BCUT2D eigenvalue weighted by Gasteiger charge is 2.22. The van der Waals surface area contributed by atoms with Crippen molar-refractivity contribution in [1.82, 2.24) is 15.2 Å². The summed E-state index contributed by atoms with van der Waals surface area (Å²) < 4.78 is 0. The van der Waals surface area contributed by atoms with Gasteiger partial charge < -0.3 is 16.0 Å². The van der Waals surface area contributed by atoms with Gasteiger partial charge in [0.15, 0.2) is 0 Å². The SMILES string of the molecule is NC(=O)c1ccc(CNC(=O)N2CCC(Cc3ccccc3)CC2)nc1. The molecule has 3 N–H and O–H groups in total. The highest BCUT2D eigenvalue weighted by atomic mass is 16.2. The van der Waals surface area contributed by atoms with Crippen LogP contribution in [0.5, 0.6) is 0 Å². The highest BCUT2D eigenvalue weighted by Crippen LogP contribution is 2.21. The number of primary amides is 1. The molecule has 0 saturated carbocycles. The van der Waals surface area contributed by atoms with Crippen LogP contribution in [0.25, 0.3) is 0 Å². The number of hydrogen-bond donors (Lipinski definition) is 2. The average Bonchev–Trinajstić information content (AvgIpc) is 2.68. The Balaban J connectivity index is 1.42. The maximum absolute atomic E-state index is 12.3. The Morgan fingerprint density at radius 3 is 2.46 bits per heavy atom. The molecule has 0 bridgehead atoms. The summed E-state index contributed by atoms with van der Waals surface area (Å²) in [4.78, 5) is 29.4. The van der Waals surface area contributed by atoms with E-state index < -0.39 is 5.91 Å². The van der Waals surface area contributed by atoms with E-state index in [4.69, 9.17) is 5.73 Å². The molecule has 3 amide bonds. The lowest BCUT2D eigenvalue weighted by Gasteiger charge is -2.32. The Labute approximate surface area is 153 Å². The largest absolute Gasteiger partial charge is 0.366 e. The third kappa shape index (κ3) is 4.81. The van der Waals surface area contributed by atoms with Gasteiger partial charge in [0.05, 0.1) is 17.8 Å².